The van der Waals surface area contributed by atoms with Gasteiger partial charge in [-0.3, -0.25) is 4.79 Å². The van der Waals surface area contributed by atoms with Crippen molar-refractivity contribution in [2.45, 2.75) is 44.6 Å². The molecule has 0 aliphatic carbocycles. The van der Waals surface area contributed by atoms with Gasteiger partial charge in [0.1, 0.15) is 18.3 Å². The first-order chi connectivity index (χ1) is 6.86. The molecule has 88 valence electrons. The van der Waals surface area contributed by atoms with Gasteiger partial charge < -0.3 is 25.2 Å². The van der Waals surface area contributed by atoms with Crippen molar-refractivity contribution >= 4 is 5.78 Å². The molecule has 5 atom stereocenters. The normalized spacial score (nSPS) is 38.3. The molecule has 4 N–H and O–H groups in total. The number of aliphatic hydroxyl groups excluding tert-OH is 4. The van der Waals surface area contributed by atoms with Crippen LogP contribution in [-0.4, -0.2) is 56.9 Å². The van der Waals surface area contributed by atoms with E-state index in [-0.39, 0.29) is 5.92 Å². The average Bonchev–Trinajstić information content (AvgIpc) is 2.43. The van der Waals surface area contributed by atoms with Gasteiger partial charge in [0, 0.05) is 0 Å². The van der Waals surface area contributed by atoms with Crippen molar-refractivity contribution in [3.05, 3.63) is 0 Å². The highest BCUT2D eigenvalue weighted by molar-refractivity contribution is 5.88. The molecule has 0 amide bonds. The van der Waals surface area contributed by atoms with Crippen LogP contribution in [0.15, 0.2) is 0 Å². The summed E-state index contributed by atoms with van der Waals surface area (Å²) in [5.41, 5.74) is 0. The summed E-state index contributed by atoms with van der Waals surface area (Å²) in [6.07, 6.45) is -7.25. The quantitative estimate of drug-likeness (QED) is 0.438. The van der Waals surface area contributed by atoms with Gasteiger partial charge in [-0.1, -0.05) is 13.8 Å². The van der Waals surface area contributed by atoms with E-state index < -0.39 is 36.5 Å². The Morgan fingerprint density at radius 3 is 2.07 bits per heavy atom. The van der Waals surface area contributed by atoms with E-state index >= 15 is 0 Å². The molecule has 1 rings (SSSR count). The van der Waals surface area contributed by atoms with Crippen LogP contribution in [0.1, 0.15) is 13.8 Å². The molecule has 6 heteroatoms. The Balaban J connectivity index is 2.70. The Morgan fingerprint density at radius 2 is 1.73 bits per heavy atom. The van der Waals surface area contributed by atoms with E-state index in [1.807, 2.05) is 0 Å². The number of carbonyl (C=O) groups excluding carboxylic acids is 1. The second-order valence-electron chi connectivity index (χ2n) is 4.02. The number of hydrogen-bond donors (Lipinski definition) is 4. The first kappa shape index (κ1) is 12.5. The molecule has 15 heavy (non-hydrogen) atoms. The van der Waals surface area contributed by atoms with Crippen molar-refractivity contribution in [1.82, 2.24) is 0 Å². The predicted molar refractivity (Wildman–Crippen MR) is 48.7 cm³/mol. The molecule has 0 aromatic rings. The summed E-state index contributed by atoms with van der Waals surface area (Å²) in [4.78, 5) is 11.5. The zero-order chi connectivity index (χ0) is 11.7. The number of ketones is 1. The van der Waals surface area contributed by atoms with E-state index in [1.165, 1.54) is 0 Å². The molecule has 1 aliphatic rings. The Kier molecular flexibility index (Phi) is 3.80. The number of hydrogen-bond acceptors (Lipinski definition) is 6. The van der Waals surface area contributed by atoms with E-state index in [4.69, 9.17) is 10.2 Å². The van der Waals surface area contributed by atoms with Crippen LogP contribution >= 0.6 is 0 Å². The van der Waals surface area contributed by atoms with Crippen LogP contribution < -0.4 is 0 Å². The maximum atomic E-state index is 11.5. The average molecular weight is 220 g/mol. The highest BCUT2D eigenvalue weighted by atomic mass is 16.6. The van der Waals surface area contributed by atoms with Crippen molar-refractivity contribution in [2.24, 2.45) is 5.92 Å². The minimum atomic E-state index is -1.59. The molecule has 1 heterocycles. The minimum Gasteiger partial charge on any atom is -0.387 e. The second-order valence-corrected chi connectivity index (χ2v) is 4.02. The molecule has 0 radical (unpaired) electrons. The van der Waals surface area contributed by atoms with Crippen molar-refractivity contribution in [3.63, 3.8) is 0 Å². The molecule has 1 aliphatic heterocycles. The summed E-state index contributed by atoms with van der Waals surface area (Å²) in [5.74, 6) is -1.05. The Morgan fingerprint density at radius 1 is 1.20 bits per heavy atom. The summed E-state index contributed by atoms with van der Waals surface area (Å²) in [6.45, 7) is 3.27. The standard InChI is InChI=1S/C9H16O6/c1-3(2)4(10)5(11)8-6(12)7(13)9(14)15-8/h3-4,6-10,12-14H,1-2H3/t4?,6-,7+,8+,9?/m0/s1. The maximum Gasteiger partial charge on any atom is 0.193 e. The smallest absolute Gasteiger partial charge is 0.193 e. The molecule has 0 bridgehead atoms. The summed E-state index contributed by atoms with van der Waals surface area (Å²) in [6, 6.07) is 0. The van der Waals surface area contributed by atoms with Gasteiger partial charge in [0.2, 0.25) is 0 Å². The summed E-state index contributed by atoms with van der Waals surface area (Å²) < 4.78 is 4.66. The van der Waals surface area contributed by atoms with Crippen molar-refractivity contribution in [3.8, 4) is 0 Å². The van der Waals surface area contributed by atoms with E-state index in [2.05, 4.69) is 4.74 Å². The minimum absolute atomic E-state index is 0.316. The third kappa shape index (κ3) is 2.35. The number of rotatable bonds is 3. The van der Waals surface area contributed by atoms with Gasteiger partial charge in [-0.15, -0.1) is 0 Å². The number of Topliss-reactive ketones (excluding diaryl/α,β-unsaturated/α-hetero) is 1. The fourth-order valence-electron chi connectivity index (χ4n) is 1.39. The van der Waals surface area contributed by atoms with Gasteiger partial charge in [0.25, 0.3) is 0 Å². The lowest BCUT2D eigenvalue weighted by atomic mass is 9.96. The van der Waals surface area contributed by atoms with Crippen LogP contribution in [0.3, 0.4) is 0 Å². The Bertz CT molecular complexity index is 241. The van der Waals surface area contributed by atoms with E-state index in [0.717, 1.165) is 0 Å². The second kappa shape index (κ2) is 4.54. The van der Waals surface area contributed by atoms with Gasteiger partial charge in [-0.05, 0) is 5.92 Å². The SMILES string of the molecule is CC(C)C(O)C(=O)[C@H]1OC(O)[C@H](O)[C@@H]1O. The monoisotopic (exact) mass is 220 g/mol. The van der Waals surface area contributed by atoms with Gasteiger partial charge in [-0.25, -0.2) is 0 Å². The van der Waals surface area contributed by atoms with Gasteiger partial charge in [-0.2, -0.15) is 0 Å². The molecule has 0 aromatic carbocycles. The molecule has 6 nitrogen and oxygen atoms in total. The zero-order valence-electron chi connectivity index (χ0n) is 8.57. The summed E-state index contributed by atoms with van der Waals surface area (Å²) >= 11 is 0. The Labute approximate surface area is 87.1 Å². The molecule has 0 saturated carbocycles. The number of aliphatic hydroxyl groups is 4. The fourth-order valence-corrected chi connectivity index (χ4v) is 1.39. The van der Waals surface area contributed by atoms with Gasteiger partial charge in [0.15, 0.2) is 18.2 Å². The zero-order valence-corrected chi connectivity index (χ0v) is 8.57. The molecule has 1 fully saturated rings. The third-order valence-electron chi connectivity index (χ3n) is 2.44. The molecule has 1 saturated heterocycles. The number of ether oxygens (including phenoxy) is 1. The van der Waals surface area contributed by atoms with Crippen LogP contribution in [0.25, 0.3) is 0 Å². The highest BCUT2D eigenvalue weighted by Crippen LogP contribution is 2.22. The maximum absolute atomic E-state index is 11.5. The van der Waals surface area contributed by atoms with E-state index in [0.29, 0.717) is 0 Å². The molecule has 0 spiro atoms. The topological polar surface area (TPSA) is 107 Å². The lowest BCUT2D eigenvalue weighted by molar-refractivity contribution is -0.157. The summed E-state index contributed by atoms with van der Waals surface area (Å²) in [5, 5.41) is 37.0. The van der Waals surface area contributed by atoms with Crippen LogP contribution in [0, 0.1) is 5.92 Å². The van der Waals surface area contributed by atoms with Crippen molar-refractivity contribution in [1.29, 1.82) is 0 Å². The largest absolute Gasteiger partial charge is 0.387 e. The lowest BCUT2D eigenvalue weighted by Gasteiger charge is -2.19. The predicted octanol–water partition coefficient (Wildman–Crippen LogP) is -1.99. The Hall–Kier alpha value is -0.530. The fraction of sp³-hybridized carbons (Fsp3) is 0.889. The van der Waals surface area contributed by atoms with Crippen molar-refractivity contribution in [2.75, 3.05) is 0 Å². The van der Waals surface area contributed by atoms with Crippen molar-refractivity contribution < 1.29 is 30.0 Å². The molecular weight excluding hydrogens is 204 g/mol. The molecule has 2 unspecified atom stereocenters. The molecular formula is C9H16O6. The van der Waals surface area contributed by atoms with Crippen LogP contribution in [-0.2, 0) is 9.53 Å². The first-order valence-electron chi connectivity index (χ1n) is 4.77. The highest BCUT2D eigenvalue weighted by Gasteiger charge is 2.47. The first-order valence-corrected chi connectivity index (χ1v) is 4.77. The molecule has 0 aromatic heterocycles. The van der Waals surface area contributed by atoms with Crippen LogP contribution in [0.5, 0.6) is 0 Å². The van der Waals surface area contributed by atoms with E-state index in [9.17, 15) is 15.0 Å². The van der Waals surface area contributed by atoms with Gasteiger partial charge >= 0.3 is 0 Å². The lowest BCUT2D eigenvalue weighted by Crippen LogP contribution is -2.43. The van der Waals surface area contributed by atoms with Crippen LogP contribution in [0.2, 0.25) is 0 Å². The van der Waals surface area contributed by atoms with Crippen LogP contribution in [0.4, 0.5) is 0 Å². The third-order valence-corrected chi connectivity index (χ3v) is 2.44. The van der Waals surface area contributed by atoms with E-state index in [1.54, 1.807) is 13.8 Å². The van der Waals surface area contributed by atoms with Gasteiger partial charge in [0.05, 0.1) is 0 Å². The number of carbonyl (C=O) groups is 1. The summed E-state index contributed by atoms with van der Waals surface area (Å²) in [7, 11) is 0.